The molecule has 1 aliphatic carbocycles. The van der Waals surface area contributed by atoms with E-state index in [1.165, 1.54) is 49.8 Å². The molecule has 4 nitrogen and oxygen atoms in total. The number of guanidine groups is 1. The number of nitrogens with zero attached hydrogens (tertiary/aromatic N) is 2. The number of nitrogens with one attached hydrogen (secondary N) is 2. The van der Waals surface area contributed by atoms with E-state index in [1.807, 2.05) is 13.2 Å². The van der Waals surface area contributed by atoms with Gasteiger partial charge in [0.15, 0.2) is 5.96 Å². The van der Waals surface area contributed by atoms with Crippen LogP contribution in [0.5, 0.6) is 0 Å². The molecule has 0 amide bonds. The molecule has 1 heterocycles. The molecule has 0 aromatic carbocycles. The Morgan fingerprint density at radius 2 is 1.91 bits per heavy atom. The van der Waals surface area contributed by atoms with Crippen LogP contribution >= 0.6 is 35.3 Å². The summed E-state index contributed by atoms with van der Waals surface area (Å²) in [6, 6.07) is 0. The summed E-state index contributed by atoms with van der Waals surface area (Å²) in [4.78, 5) is 9.93. The van der Waals surface area contributed by atoms with Crippen LogP contribution in [-0.4, -0.2) is 24.5 Å². The third kappa shape index (κ3) is 7.26. The number of aliphatic imine (C=N–C) groups is 1. The van der Waals surface area contributed by atoms with E-state index < -0.39 is 0 Å². The van der Waals surface area contributed by atoms with Crippen molar-refractivity contribution in [3.05, 3.63) is 16.1 Å². The Bertz CT molecular complexity index is 439. The van der Waals surface area contributed by atoms with Gasteiger partial charge in [0.2, 0.25) is 0 Å². The van der Waals surface area contributed by atoms with Gasteiger partial charge in [0, 0.05) is 24.7 Å². The Labute approximate surface area is 155 Å². The molecule has 1 aliphatic rings. The van der Waals surface area contributed by atoms with Crippen LogP contribution in [0.4, 0.5) is 0 Å². The number of thiazole rings is 1. The zero-order valence-corrected chi connectivity index (χ0v) is 16.9. The van der Waals surface area contributed by atoms with Gasteiger partial charge in [-0.3, -0.25) is 4.99 Å². The Morgan fingerprint density at radius 1 is 1.23 bits per heavy atom. The highest BCUT2D eigenvalue weighted by Crippen LogP contribution is 2.21. The van der Waals surface area contributed by atoms with E-state index in [1.54, 1.807) is 11.3 Å². The molecule has 6 heteroatoms. The summed E-state index contributed by atoms with van der Waals surface area (Å²) in [6.07, 6.45) is 11.7. The summed E-state index contributed by atoms with van der Waals surface area (Å²) in [7, 11) is 1.83. The first kappa shape index (κ1) is 19.7. The molecule has 1 fully saturated rings. The molecule has 0 radical (unpaired) electrons. The van der Waals surface area contributed by atoms with Crippen molar-refractivity contribution in [1.29, 1.82) is 0 Å². The highest BCUT2D eigenvalue weighted by atomic mass is 127. The first-order valence-electron chi connectivity index (χ1n) is 8.13. The number of rotatable bonds is 4. The van der Waals surface area contributed by atoms with E-state index >= 15 is 0 Å². The second kappa shape index (κ2) is 11.2. The maximum absolute atomic E-state index is 4.37. The van der Waals surface area contributed by atoms with Crippen molar-refractivity contribution in [3.63, 3.8) is 0 Å². The normalized spacial score (nSPS) is 17.3. The summed E-state index contributed by atoms with van der Waals surface area (Å²) in [6.45, 7) is 3.88. The molecule has 0 unspecified atom stereocenters. The number of halogens is 1. The Balaban J connectivity index is 0.00000242. The van der Waals surface area contributed by atoms with Gasteiger partial charge in [-0.15, -0.1) is 35.3 Å². The van der Waals surface area contributed by atoms with Crippen molar-refractivity contribution in [3.8, 4) is 0 Å². The minimum absolute atomic E-state index is 0. The van der Waals surface area contributed by atoms with Gasteiger partial charge in [-0.1, -0.05) is 32.1 Å². The lowest BCUT2D eigenvalue weighted by atomic mass is 9.91. The number of hydrogen-bond donors (Lipinski definition) is 2. The average Bonchev–Trinajstić information content (AvgIpc) is 2.86. The van der Waals surface area contributed by atoms with Gasteiger partial charge >= 0.3 is 0 Å². The topological polar surface area (TPSA) is 49.3 Å². The summed E-state index contributed by atoms with van der Waals surface area (Å²) in [5.41, 5.74) is 0. The average molecular weight is 436 g/mol. The molecule has 0 bridgehead atoms. The second-order valence-electron chi connectivity index (χ2n) is 5.88. The highest BCUT2D eigenvalue weighted by Gasteiger charge is 2.12. The van der Waals surface area contributed by atoms with Crippen LogP contribution in [-0.2, 0) is 6.54 Å². The Morgan fingerprint density at radius 3 is 2.50 bits per heavy atom. The fourth-order valence-electron chi connectivity index (χ4n) is 2.85. The van der Waals surface area contributed by atoms with Crippen LogP contribution in [0.2, 0.25) is 0 Å². The van der Waals surface area contributed by atoms with Crippen LogP contribution in [0.15, 0.2) is 11.2 Å². The van der Waals surface area contributed by atoms with Gasteiger partial charge in [-0.25, -0.2) is 4.98 Å². The number of aromatic nitrogens is 1. The van der Waals surface area contributed by atoms with Crippen molar-refractivity contribution >= 4 is 41.3 Å². The molecule has 22 heavy (non-hydrogen) atoms. The molecule has 1 aromatic rings. The van der Waals surface area contributed by atoms with E-state index in [0.29, 0.717) is 0 Å². The minimum atomic E-state index is 0. The molecule has 0 spiro atoms. The molecule has 1 saturated carbocycles. The van der Waals surface area contributed by atoms with Gasteiger partial charge < -0.3 is 10.6 Å². The molecule has 2 rings (SSSR count). The third-order valence-electron chi connectivity index (χ3n) is 4.08. The van der Waals surface area contributed by atoms with E-state index in [4.69, 9.17) is 0 Å². The number of hydrogen-bond acceptors (Lipinski definition) is 3. The van der Waals surface area contributed by atoms with Crippen LogP contribution in [0, 0.1) is 12.8 Å². The lowest BCUT2D eigenvalue weighted by Gasteiger charge is -2.21. The lowest BCUT2D eigenvalue weighted by Crippen LogP contribution is -2.39. The SMILES string of the molecule is CN=C(NCc1ncc(C)s1)NCC1CCCCCCC1.I. The monoisotopic (exact) mass is 436 g/mol. The van der Waals surface area contributed by atoms with Gasteiger partial charge in [0.25, 0.3) is 0 Å². The van der Waals surface area contributed by atoms with Crippen LogP contribution in [0.1, 0.15) is 54.8 Å². The maximum Gasteiger partial charge on any atom is 0.191 e. The smallest absolute Gasteiger partial charge is 0.191 e. The summed E-state index contributed by atoms with van der Waals surface area (Å²) in [5.74, 6) is 1.69. The van der Waals surface area contributed by atoms with E-state index in [-0.39, 0.29) is 24.0 Å². The van der Waals surface area contributed by atoms with Crippen molar-refractivity contribution in [2.24, 2.45) is 10.9 Å². The standard InChI is InChI=1S/C16H28N4S.HI/c1-13-10-18-15(21-13)12-20-16(17-2)19-11-14-8-6-4-3-5-7-9-14;/h10,14H,3-9,11-12H2,1-2H3,(H2,17,19,20);1H. The van der Waals surface area contributed by atoms with Gasteiger partial charge in [0.1, 0.15) is 5.01 Å². The highest BCUT2D eigenvalue weighted by molar-refractivity contribution is 14.0. The zero-order valence-electron chi connectivity index (χ0n) is 13.7. The third-order valence-corrected chi connectivity index (χ3v) is 5.00. The van der Waals surface area contributed by atoms with Crippen LogP contribution in [0.3, 0.4) is 0 Å². The number of aryl methyl sites for hydroxylation is 1. The molecular formula is C16H29IN4S. The molecular weight excluding hydrogens is 407 g/mol. The Kier molecular flexibility index (Phi) is 10.0. The lowest BCUT2D eigenvalue weighted by molar-refractivity contribution is 0.375. The van der Waals surface area contributed by atoms with Crippen molar-refractivity contribution in [2.45, 2.75) is 58.4 Å². The first-order chi connectivity index (χ1) is 10.3. The van der Waals surface area contributed by atoms with E-state index in [2.05, 4.69) is 27.5 Å². The van der Waals surface area contributed by atoms with Gasteiger partial charge in [-0.2, -0.15) is 0 Å². The van der Waals surface area contributed by atoms with E-state index in [9.17, 15) is 0 Å². The molecule has 2 N–H and O–H groups in total. The maximum atomic E-state index is 4.37. The van der Waals surface area contributed by atoms with Crippen LogP contribution < -0.4 is 10.6 Å². The fourth-order valence-corrected chi connectivity index (χ4v) is 3.58. The molecule has 1 aromatic heterocycles. The summed E-state index contributed by atoms with van der Waals surface area (Å²) < 4.78 is 0. The minimum Gasteiger partial charge on any atom is -0.356 e. The van der Waals surface area contributed by atoms with Crippen molar-refractivity contribution in [1.82, 2.24) is 15.6 Å². The van der Waals surface area contributed by atoms with Crippen molar-refractivity contribution in [2.75, 3.05) is 13.6 Å². The van der Waals surface area contributed by atoms with Crippen LogP contribution in [0.25, 0.3) is 0 Å². The van der Waals surface area contributed by atoms with Gasteiger partial charge in [0.05, 0.1) is 6.54 Å². The molecule has 0 saturated heterocycles. The predicted octanol–water partition coefficient (Wildman–Crippen LogP) is 4.10. The summed E-state index contributed by atoms with van der Waals surface area (Å²) >= 11 is 1.74. The largest absolute Gasteiger partial charge is 0.356 e. The predicted molar refractivity (Wildman–Crippen MR) is 106 cm³/mol. The first-order valence-corrected chi connectivity index (χ1v) is 8.95. The molecule has 126 valence electrons. The Hall–Kier alpha value is -0.370. The fraction of sp³-hybridized carbons (Fsp3) is 0.750. The van der Waals surface area contributed by atoms with Gasteiger partial charge in [-0.05, 0) is 25.7 Å². The zero-order chi connectivity index (χ0) is 14.9. The summed E-state index contributed by atoms with van der Waals surface area (Å²) in [5, 5.41) is 7.95. The molecule has 0 atom stereocenters. The molecule has 0 aliphatic heterocycles. The van der Waals surface area contributed by atoms with E-state index in [0.717, 1.165) is 30.0 Å². The van der Waals surface area contributed by atoms with Crippen molar-refractivity contribution < 1.29 is 0 Å². The second-order valence-corrected chi connectivity index (χ2v) is 7.20. The quantitative estimate of drug-likeness (QED) is 0.425.